The molecule has 0 saturated heterocycles. The fourth-order valence-corrected chi connectivity index (χ4v) is 7.77. The zero-order chi connectivity index (χ0) is 36.5. The molecule has 0 spiro atoms. The van der Waals surface area contributed by atoms with Crippen LogP contribution in [0.15, 0.2) is 27.3 Å². The Morgan fingerprint density at radius 1 is 0.800 bits per heavy atom. The molecule has 3 unspecified atom stereocenters. The summed E-state index contributed by atoms with van der Waals surface area (Å²) >= 11 is 8.39. The van der Waals surface area contributed by atoms with Gasteiger partial charge >= 0.3 is 11.9 Å². The van der Waals surface area contributed by atoms with Gasteiger partial charge in [-0.2, -0.15) is 25.3 Å². The van der Waals surface area contributed by atoms with E-state index in [4.69, 9.17) is 14.2 Å². The minimum Gasteiger partial charge on any atom is -0.504 e. The lowest BCUT2D eigenvalue weighted by molar-refractivity contribution is -0.138. The van der Waals surface area contributed by atoms with Crippen molar-refractivity contribution in [1.29, 1.82) is 0 Å². The molecule has 5 aromatic carbocycles. The Labute approximate surface area is 294 Å². The van der Waals surface area contributed by atoms with E-state index in [9.17, 15) is 39.3 Å². The third kappa shape index (κ3) is 4.81. The van der Waals surface area contributed by atoms with Crippen molar-refractivity contribution in [2.24, 2.45) is 0 Å². The van der Waals surface area contributed by atoms with E-state index >= 15 is 0 Å². The molecule has 0 aromatic heterocycles. The lowest BCUT2D eigenvalue weighted by Gasteiger charge is -2.26. The van der Waals surface area contributed by atoms with Crippen LogP contribution in [0.4, 0.5) is 11.4 Å². The van der Waals surface area contributed by atoms with E-state index in [0.29, 0.717) is 11.0 Å². The summed E-state index contributed by atoms with van der Waals surface area (Å²) in [6.07, 6.45) is 1.59. The average Bonchev–Trinajstić information content (AvgIpc) is 3.20. The van der Waals surface area contributed by atoms with Crippen molar-refractivity contribution in [1.82, 2.24) is 0 Å². The Kier molecular flexibility index (Phi) is 8.76. The van der Waals surface area contributed by atoms with Crippen molar-refractivity contribution in [2.45, 2.75) is 31.8 Å². The number of phenols is 1. The fourth-order valence-electron chi connectivity index (χ4n) is 7.28. The summed E-state index contributed by atoms with van der Waals surface area (Å²) in [4.78, 5) is 66.8. The van der Waals surface area contributed by atoms with Crippen molar-refractivity contribution in [3.63, 3.8) is 0 Å². The Hall–Kier alpha value is -5.15. The second kappa shape index (κ2) is 12.6. The van der Waals surface area contributed by atoms with Crippen molar-refractivity contribution in [3.05, 3.63) is 49.3 Å². The number of carboxylic acids is 2. The Balaban J connectivity index is 2.09. The number of ketones is 1. The highest BCUT2D eigenvalue weighted by atomic mass is 32.1. The summed E-state index contributed by atoms with van der Waals surface area (Å²) in [6, 6.07) is -0.00810. The maximum atomic E-state index is 14.9. The SMILES string of the molecule is COc1c(O)c2c(=O)cc(OC)c3c4c(OC)cc(NC(CS)C(=O)O)c5c(=O)c(NC(CS)C(=O)O)c6c(c(c1C(C(C)=O)C(C)=C6)c23)c54. The lowest BCUT2D eigenvalue weighted by Crippen LogP contribution is -2.34. The number of ether oxygens (including phenoxy) is 3. The number of anilines is 2. The average molecular weight is 721 g/mol. The van der Waals surface area contributed by atoms with Crippen LogP contribution in [0.5, 0.6) is 23.0 Å². The molecule has 15 heteroatoms. The van der Waals surface area contributed by atoms with Gasteiger partial charge in [0.1, 0.15) is 29.4 Å². The number of nitrogens with one attached hydrogen (secondary N) is 2. The monoisotopic (exact) mass is 720 g/mol. The third-order valence-electron chi connectivity index (χ3n) is 9.28. The molecule has 13 nitrogen and oxygen atoms in total. The molecule has 0 radical (unpaired) electrons. The molecule has 0 amide bonds. The van der Waals surface area contributed by atoms with Crippen LogP contribution in [-0.2, 0) is 14.4 Å². The number of aromatic hydroxyl groups is 1. The predicted molar refractivity (Wildman–Crippen MR) is 198 cm³/mol. The van der Waals surface area contributed by atoms with Crippen LogP contribution >= 0.6 is 25.3 Å². The summed E-state index contributed by atoms with van der Waals surface area (Å²) < 4.78 is 17.4. The maximum Gasteiger partial charge on any atom is 0.326 e. The number of aliphatic carboxylic acids is 2. The smallest absolute Gasteiger partial charge is 0.326 e. The zero-order valence-electron chi connectivity index (χ0n) is 27.4. The van der Waals surface area contributed by atoms with Gasteiger partial charge in [0.05, 0.1) is 49.4 Å². The van der Waals surface area contributed by atoms with Crippen LogP contribution in [-0.4, -0.2) is 78.0 Å². The predicted octanol–water partition coefficient (Wildman–Crippen LogP) is 4.31. The minimum atomic E-state index is -1.36. The van der Waals surface area contributed by atoms with Crippen molar-refractivity contribution < 1.29 is 43.9 Å². The van der Waals surface area contributed by atoms with E-state index in [0.717, 1.165) is 0 Å². The molecule has 0 fully saturated rings. The quantitative estimate of drug-likeness (QED) is 0.0548. The van der Waals surface area contributed by atoms with E-state index < -0.39 is 46.5 Å². The van der Waals surface area contributed by atoms with Gasteiger partial charge < -0.3 is 40.2 Å². The van der Waals surface area contributed by atoms with Crippen LogP contribution in [0.3, 0.4) is 0 Å². The number of carbonyl (C=O) groups excluding carboxylic acids is 1. The number of methoxy groups -OCH3 is 3. The van der Waals surface area contributed by atoms with Gasteiger partial charge in [-0.15, -0.1) is 0 Å². The summed E-state index contributed by atoms with van der Waals surface area (Å²) in [5, 5.41) is 38.8. The largest absolute Gasteiger partial charge is 0.504 e. The van der Waals surface area contributed by atoms with Crippen LogP contribution in [0.2, 0.25) is 0 Å². The molecule has 5 aromatic rings. The first kappa shape index (κ1) is 34.7. The number of carboxylic acid groups (broad SMARTS) is 2. The van der Waals surface area contributed by atoms with Crippen LogP contribution in [0, 0.1) is 0 Å². The van der Waals surface area contributed by atoms with Crippen LogP contribution in [0.1, 0.15) is 30.9 Å². The highest BCUT2D eigenvalue weighted by Crippen LogP contribution is 2.57. The Morgan fingerprint density at radius 3 is 1.88 bits per heavy atom. The number of hydrogen-bond donors (Lipinski definition) is 7. The topological polar surface area (TPSA) is 198 Å². The summed E-state index contributed by atoms with van der Waals surface area (Å²) in [5.74, 6) is -4.77. The lowest BCUT2D eigenvalue weighted by atomic mass is 9.80. The number of rotatable bonds is 12. The number of carbonyl (C=O) groups is 3. The molecule has 0 aliphatic heterocycles. The molecule has 1 aliphatic rings. The molecule has 260 valence electrons. The van der Waals surface area contributed by atoms with Gasteiger partial charge in [0, 0.05) is 61.7 Å². The second-order valence-electron chi connectivity index (χ2n) is 12.0. The van der Waals surface area contributed by atoms with Gasteiger partial charge in [0.25, 0.3) is 0 Å². The summed E-state index contributed by atoms with van der Waals surface area (Å²) in [7, 11) is 4.02. The van der Waals surface area contributed by atoms with E-state index in [1.54, 1.807) is 13.0 Å². The molecule has 6 rings (SSSR count). The molecule has 50 heavy (non-hydrogen) atoms. The zero-order valence-corrected chi connectivity index (χ0v) is 29.2. The minimum absolute atomic E-state index is 0.0371. The molecule has 0 saturated carbocycles. The highest BCUT2D eigenvalue weighted by molar-refractivity contribution is 7.80. The second-order valence-corrected chi connectivity index (χ2v) is 12.7. The number of thiol groups is 2. The van der Waals surface area contributed by atoms with Crippen LogP contribution in [0.25, 0.3) is 49.2 Å². The number of phenolic OH excluding ortho intramolecular Hbond substituents is 1. The molecular weight excluding hydrogens is 689 g/mol. The first-order valence-corrected chi connectivity index (χ1v) is 16.5. The number of Topliss-reactive ketones (excluding diaryl/α,β-unsaturated/α-hetero) is 1. The van der Waals surface area contributed by atoms with Gasteiger partial charge in [-0.05, 0) is 19.2 Å². The number of allylic oxidation sites excluding steroid dienone is 1. The van der Waals surface area contributed by atoms with E-state index in [2.05, 4.69) is 35.9 Å². The van der Waals surface area contributed by atoms with E-state index in [1.165, 1.54) is 40.4 Å². The van der Waals surface area contributed by atoms with Gasteiger partial charge in [-0.25, -0.2) is 9.59 Å². The van der Waals surface area contributed by atoms with Crippen molar-refractivity contribution in [3.8, 4) is 23.0 Å². The van der Waals surface area contributed by atoms with E-state index in [1.807, 2.05) is 0 Å². The maximum absolute atomic E-state index is 14.9. The van der Waals surface area contributed by atoms with Crippen molar-refractivity contribution >= 4 is 104 Å². The first-order chi connectivity index (χ1) is 23.8. The first-order valence-electron chi connectivity index (χ1n) is 15.2. The number of fused-ring (bicyclic) bond motifs is 1. The normalized spacial score (nSPS) is 15.3. The third-order valence-corrected chi connectivity index (χ3v) is 10.0. The van der Waals surface area contributed by atoms with E-state index in [-0.39, 0.29) is 94.7 Å². The summed E-state index contributed by atoms with van der Waals surface area (Å²) in [6.45, 7) is 3.02. The molecule has 3 atom stereocenters. The van der Waals surface area contributed by atoms with Crippen molar-refractivity contribution in [2.75, 3.05) is 43.5 Å². The molecule has 0 heterocycles. The molecular formula is C35H32N2O11S2. The fraction of sp³-hybridized carbons (Fsp3) is 0.286. The molecule has 5 N–H and O–H groups in total. The summed E-state index contributed by atoms with van der Waals surface area (Å²) in [5.41, 5.74) is -0.626. The van der Waals surface area contributed by atoms with Gasteiger partial charge in [-0.3, -0.25) is 14.4 Å². The molecule has 1 aliphatic carbocycles. The Bertz CT molecular complexity index is 2450. The van der Waals surface area contributed by atoms with Gasteiger partial charge in [0.2, 0.25) is 5.43 Å². The van der Waals surface area contributed by atoms with Gasteiger partial charge in [-0.1, -0.05) is 11.6 Å². The van der Waals surface area contributed by atoms with Gasteiger partial charge in [0.15, 0.2) is 16.9 Å². The highest BCUT2D eigenvalue weighted by Gasteiger charge is 2.38. The molecule has 0 bridgehead atoms. The number of hydrogen-bond acceptors (Lipinski definition) is 13. The standard InChI is InChI=1S/C35H32N2O11S2/c1-11-6-13-21-26-22(31(40)30(13)37-16(10-50)35(44)45)14(36-15(9-49)34(42)43)7-18(46-3)24(26)25-19(47-4)8-17(39)23-28(25)27(21)29(20(11)12(2)38)33(48-5)32(23)41/h6-8,15-16,20,36-37,41,49-50H,9-10H2,1-5H3,(H,42,43)(H,44,45). The van der Waals surface area contributed by atoms with Crippen LogP contribution < -0.4 is 35.7 Å². The Morgan fingerprint density at radius 2 is 1.36 bits per heavy atom. The number of benzene rings is 5.